The standard InChI is InChI=1S/C19H31N3O/c1-3-20-19(21-14-17-10-7-11-18(17)23)22-15(2)12-13-16-8-5-4-6-9-16/h4-6,8-9,15,17-18,23H,3,7,10-14H2,1-2H3,(H2,20,21,22). The molecule has 1 saturated carbocycles. The summed E-state index contributed by atoms with van der Waals surface area (Å²) < 4.78 is 0. The third kappa shape index (κ3) is 6.22. The highest BCUT2D eigenvalue weighted by Gasteiger charge is 2.24. The van der Waals surface area contributed by atoms with E-state index in [0.29, 0.717) is 18.5 Å². The molecule has 128 valence electrons. The quantitative estimate of drug-likeness (QED) is 0.535. The summed E-state index contributed by atoms with van der Waals surface area (Å²) in [5.41, 5.74) is 1.37. The van der Waals surface area contributed by atoms with Gasteiger partial charge in [0.25, 0.3) is 0 Å². The van der Waals surface area contributed by atoms with E-state index in [1.165, 1.54) is 5.56 Å². The Morgan fingerprint density at radius 2 is 2.09 bits per heavy atom. The van der Waals surface area contributed by atoms with Crippen molar-refractivity contribution in [1.29, 1.82) is 0 Å². The van der Waals surface area contributed by atoms with Crippen molar-refractivity contribution in [1.82, 2.24) is 10.6 Å². The molecule has 1 fully saturated rings. The first-order valence-corrected chi connectivity index (χ1v) is 8.96. The van der Waals surface area contributed by atoms with E-state index >= 15 is 0 Å². The minimum atomic E-state index is -0.169. The Bertz CT molecular complexity index is 475. The Labute approximate surface area is 140 Å². The lowest BCUT2D eigenvalue weighted by Gasteiger charge is -2.19. The van der Waals surface area contributed by atoms with Crippen LogP contribution in [0.4, 0.5) is 0 Å². The lowest BCUT2D eigenvalue weighted by molar-refractivity contribution is 0.136. The number of nitrogens with one attached hydrogen (secondary N) is 2. The Morgan fingerprint density at radius 3 is 2.74 bits per heavy atom. The van der Waals surface area contributed by atoms with Crippen molar-refractivity contribution in [3.8, 4) is 0 Å². The monoisotopic (exact) mass is 317 g/mol. The Kier molecular flexibility index (Phi) is 7.40. The fourth-order valence-corrected chi connectivity index (χ4v) is 3.09. The maximum atomic E-state index is 9.91. The third-order valence-corrected chi connectivity index (χ3v) is 4.54. The highest BCUT2D eigenvalue weighted by atomic mass is 16.3. The van der Waals surface area contributed by atoms with Crippen LogP contribution < -0.4 is 10.6 Å². The average Bonchev–Trinajstić information content (AvgIpc) is 2.97. The molecular weight excluding hydrogens is 286 g/mol. The molecule has 1 aromatic carbocycles. The predicted octanol–water partition coefficient (Wildman–Crippen LogP) is 2.72. The van der Waals surface area contributed by atoms with Crippen LogP contribution in [0.1, 0.15) is 45.1 Å². The molecule has 0 heterocycles. The third-order valence-electron chi connectivity index (χ3n) is 4.54. The first kappa shape index (κ1) is 17.8. The summed E-state index contributed by atoms with van der Waals surface area (Å²) in [6.45, 7) is 5.84. The van der Waals surface area contributed by atoms with Gasteiger partial charge in [-0.3, -0.25) is 4.99 Å². The van der Waals surface area contributed by atoms with E-state index in [2.05, 4.69) is 59.8 Å². The van der Waals surface area contributed by atoms with Crippen molar-refractivity contribution in [3.05, 3.63) is 35.9 Å². The number of aliphatic hydroxyl groups excluding tert-OH is 1. The molecule has 3 atom stereocenters. The van der Waals surface area contributed by atoms with Gasteiger partial charge < -0.3 is 15.7 Å². The molecule has 0 aromatic heterocycles. The van der Waals surface area contributed by atoms with E-state index in [1.807, 2.05) is 0 Å². The zero-order valence-corrected chi connectivity index (χ0v) is 14.5. The SMILES string of the molecule is CCNC(=NCC1CCCC1O)NC(C)CCc1ccccc1. The number of hydrogen-bond donors (Lipinski definition) is 3. The summed E-state index contributed by atoms with van der Waals surface area (Å²) in [5.74, 6) is 1.19. The van der Waals surface area contributed by atoms with Crippen LogP contribution in [0, 0.1) is 5.92 Å². The number of hydrogen-bond acceptors (Lipinski definition) is 2. The highest BCUT2D eigenvalue weighted by molar-refractivity contribution is 5.80. The minimum Gasteiger partial charge on any atom is -0.393 e. The van der Waals surface area contributed by atoms with Crippen LogP contribution in [0.3, 0.4) is 0 Å². The zero-order chi connectivity index (χ0) is 16.5. The summed E-state index contributed by atoms with van der Waals surface area (Å²) in [7, 11) is 0. The average molecular weight is 317 g/mol. The Morgan fingerprint density at radius 1 is 1.30 bits per heavy atom. The molecule has 0 saturated heterocycles. The topological polar surface area (TPSA) is 56.7 Å². The van der Waals surface area contributed by atoms with E-state index in [9.17, 15) is 5.11 Å². The molecule has 1 aliphatic rings. The summed E-state index contributed by atoms with van der Waals surface area (Å²) in [6.07, 6.45) is 5.11. The van der Waals surface area contributed by atoms with Crippen molar-refractivity contribution in [2.45, 2.75) is 58.1 Å². The lowest BCUT2D eigenvalue weighted by atomic mass is 10.1. The van der Waals surface area contributed by atoms with Crippen LogP contribution in [0.25, 0.3) is 0 Å². The molecule has 2 rings (SSSR count). The largest absolute Gasteiger partial charge is 0.393 e. The molecule has 1 aromatic rings. The molecule has 0 bridgehead atoms. The van der Waals surface area contributed by atoms with E-state index < -0.39 is 0 Å². The van der Waals surface area contributed by atoms with Crippen LogP contribution in [-0.4, -0.2) is 36.3 Å². The number of nitrogens with zero attached hydrogens (tertiary/aromatic N) is 1. The molecule has 0 amide bonds. The number of benzene rings is 1. The second-order valence-corrected chi connectivity index (χ2v) is 6.55. The molecule has 3 N–H and O–H groups in total. The van der Waals surface area contributed by atoms with Crippen molar-refractivity contribution >= 4 is 5.96 Å². The van der Waals surface area contributed by atoms with Gasteiger partial charge in [0.05, 0.1) is 6.10 Å². The molecule has 1 aliphatic carbocycles. The maximum absolute atomic E-state index is 9.91. The minimum absolute atomic E-state index is 0.169. The Balaban J connectivity index is 1.80. The number of aliphatic imine (C=N–C) groups is 1. The van der Waals surface area contributed by atoms with Crippen LogP contribution in [0.15, 0.2) is 35.3 Å². The maximum Gasteiger partial charge on any atom is 0.191 e. The molecule has 4 heteroatoms. The molecule has 0 spiro atoms. The van der Waals surface area contributed by atoms with Crippen molar-refractivity contribution in [3.63, 3.8) is 0 Å². The van der Waals surface area contributed by atoms with Gasteiger partial charge in [0.15, 0.2) is 5.96 Å². The normalized spacial score (nSPS) is 22.8. The van der Waals surface area contributed by atoms with Gasteiger partial charge in [-0.25, -0.2) is 0 Å². The van der Waals surface area contributed by atoms with E-state index in [0.717, 1.165) is 44.6 Å². The van der Waals surface area contributed by atoms with Gasteiger partial charge in [0, 0.05) is 25.0 Å². The number of aliphatic hydroxyl groups is 1. The van der Waals surface area contributed by atoms with Crippen LogP contribution >= 0.6 is 0 Å². The summed E-state index contributed by atoms with van der Waals surface area (Å²) in [6, 6.07) is 10.9. The van der Waals surface area contributed by atoms with Crippen molar-refractivity contribution < 1.29 is 5.11 Å². The van der Waals surface area contributed by atoms with Crippen LogP contribution in [-0.2, 0) is 6.42 Å². The Hall–Kier alpha value is -1.55. The molecule has 3 unspecified atom stereocenters. The number of rotatable bonds is 7. The fourth-order valence-electron chi connectivity index (χ4n) is 3.09. The van der Waals surface area contributed by atoms with Gasteiger partial charge in [-0.15, -0.1) is 0 Å². The molecule has 0 radical (unpaired) electrons. The summed E-state index contributed by atoms with van der Waals surface area (Å²) in [4.78, 5) is 4.68. The highest BCUT2D eigenvalue weighted by Crippen LogP contribution is 2.25. The van der Waals surface area contributed by atoms with Crippen molar-refractivity contribution in [2.24, 2.45) is 10.9 Å². The number of aryl methyl sites for hydroxylation is 1. The van der Waals surface area contributed by atoms with Crippen LogP contribution in [0.2, 0.25) is 0 Å². The number of guanidine groups is 1. The lowest BCUT2D eigenvalue weighted by Crippen LogP contribution is -2.42. The van der Waals surface area contributed by atoms with Gasteiger partial charge in [0.1, 0.15) is 0 Å². The summed E-state index contributed by atoms with van der Waals surface area (Å²) in [5, 5.41) is 16.7. The molecule has 23 heavy (non-hydrogen) atoms. The van der Waals surface area contributed by atoms with Crippen molar-refractivity contribution in [2.75, 3.05) is 13.1 Å². The van der Waals surface area contributed by atoms with E-state index in [4.69, 9.17) is 0 Å². The van der Waals surface area contributed by atoms with Gasteiger partial charge in [-0.05, 0) is 45.1 Å². The smallest absolute Gasteiger partial charge is 0.191 e. The van der Waals surface area contributed by atoms with Gasteiger partial charge in [0.2, 0.25) is 0 Å². The summed E-state index contributed by atoms with van der Waals surface area (Å²) >= 11 is 0. The van der Waals surface area contributed by atoms with E-state index in [-0.39, 0.29) is 6.10 Å². The first-order valence-electron chi connectivity index (χ1n) is 8.96. The van der Waals surface area contributed by atoms with Gasteiger partial charge in [-0.1, -0.05) is 36.8 Å². The van der Waals surface area contributed by atoms with Crippen LogP contribution in [0.5, 0.6) is 0 Å². The zero-order valence-electron chi connectivity index (χ0n) is 14.5. The first-order chi connectivity index (χ1) is 11.2. The molecule has 4 nitrogen and oxygen atoms in total. The second kappa shape index (κ2) is 9.56. The van der Waals surface area contributed by atoms with Gasteiger partial charge in [-0.2, -0.15) is 0 Å². The molecular formula is C19H31N3O. The van der Waals surface area contributed by atoms with E-state index in [1.54, 1.807) is 0 Å². The fraction of sp³-hybridized carbons (Fsp3) is 0.632. The van der Waals surface area contributed by atoms with Gasteiger partial charge >= 0.3 is 0 Å². The second-order valence-electron chi connectivity index (χ2n) is 6.55. The predicted molar refractivity (Wildman–Crippen MR) is 96.7 cm³/mol. The molecule has 0 aliphatic heterocycles.